The van der Waals surface area contributed by atoms with E-state index in [0.29, 0.717) is 25.6 Å². The molecule has 0 radical (unpaired) electrons. The summed E-state index contributed by atoms with van der Waals surface area (Å²) in [5.74, 6) is 1.54. The molecule has 1 unspecified atom stereocenters. The van der Waals surface area contributed by atoms with Gasteiger partial charge in [-0.2, -0.15) is 4.98 Å². The molecule has 2 saturated heterocycles. The van der Waals surface area contributed by atoms with Crippen LogP contribution >= 0.6 is 24.8 Å². The first-order chi connectivity index (χ1) is 10.8. The van der Waals surface area contributed by atoms with Gasteiger partial charge >= 0.3 is 0 Å². The number of nitrogens with zero attached hydrogens (tertiary/aromatic N) is 4. The number of ether oxygens (including phenoxy) is 1. The molecule has 2 aliphatic rings. The molecule has 138 valence electrons. The van der Waals surface area contributed by atoms with Gasteiger partial charge in [0.15, 0.2) is 5.82 Å². The number of aryl methyl sites for hydroxylation is 1. The molecule has 0 bridgehead atoms. The first kappa shape index (κ1) is 21.1. The summed E-state index contributed by atoms with van der Waals surface area (Å²) in [5.41, 5.74) is 0. The van der Waals surface area contributed by atoms with Crippen LogP contribution in [0.1, 0.15) is 18.6 Å². The third kappa shape index (κ3) is 5.29. The van der Waals surface area contributed by atoms with Crippen LogP contribution in [0.15, 0.2) is 4.52 Å². The van der Waals surface area contributed by atoms with Crippen LogP contribution in [-0.4, -0.2) is 77.8 Å². The van der Waals surface area contributed by atoms with E-state index in [0.717, 1.165) is 45.0 Å². The number of rotatable bonds is 4. The fourth-order valence-electron chi connectivity index (χ4n) is 2.77. The second kappa shape index (κ2) is 10.1. The highest BCUT2D eigenvalue weighted by atomic mass is 35.5. The predicted molar refractivity (Wildman–Crippen MR) is 92.6 cm³/mol. The first-order valence-electron chi connectivity index (χ1n) is 7.90. The maximum absolute atomic E-state index is 12.4. The summed E-state index contributed by atoms with van der Waals surface area (Å²) in [6.07, 6.45) is 0.756. The molecular formula is C14H25Cl2N5O3. The largest absolute Gasteiger partial charge is 0.378 e. The van der Waals surface area contributed by atoms with Crippen LogP contribution in [0.3, 0.4) is 0 Å². The molecule has 3 rings (SSSR count). The van der Waals surface area contributed by atoms with Crippen molar-refractivity contribution in [1.82, 2.24) is 25.3 Å². The maximum atomic E-state index is 12.4. The quantitative estimate of drug-likeness (QED) is 0.791. The minimum absolute atomic E-state index is 0. The van der Waals surface area contributed by atoms with Crippen molar-refractivity contribution < 1.29 is 14.1 Å². The normalized spacial score (nSPS) is 21.7. The third-order valence-electron chi connectivity index (χ3n) is 4.08. The Kier molecular flexibility index (Phi) is 8.93. The fraction of sp³-hybridized carbons (Fsp3) is 0.786. The number of amides is 1. The Labute approximate surface area is 154 Å². The second-order valence-corrected chi connectivity index (χ2v) is 5.64. The number of piperazine rings is 1. The molecule has 1 aromatic rings. The van der Waals surface area contributed by atoms with Crippen molar-refractivity contribution in [3.05, 3.63) is 11.7 Å². The van der Waals surface area contributed by atoms with Crippen LogP contribution in [0, 0.1) is 0 Å². The van der Waals surface area contributed by atoms with Gasteiger partial charge < -0.3 is 19.5 Å². The molecule has 0 aliphatic carbocycles. The zero-order valence-corrected chi connectivity index (χ0v) is 15.4. The highest BCUT2D eigenvalue weighted by molar-refractivity contribution is 5.85. The Bertz CT molecular complexity index is 502. The number of hydrogen-bond donors (Lipinski definition) is 1. The SMILES string of the molecule is CCc1nc(CN2CCN(C(=O)C3COCCN3)CC2)no1.Cl.Cl. The average Bonchev–Trinajstić information content (AvgIpc) is 3.03. The summed E-state index contributed by atoms with van der Waals surface area (Å²) < 4.78 is 10.5. The lowest BCUT2D eigenvalue weighted by Crippen LogP contribution is -2.57. The van der Waals surface area contributed by atoms with Gasteiger partial charge in [0.2, 0.25) is 11.8 Å². The number of nitrogens with one attached hydrogen (secondary N) is 1. The van der Waals surface area contributed by atoms with Crippen LogP contribution in [0.4, 0.5) is 0 Å². The Hall–Kier alpha value is -0.930. The Morgan fingerprint density at radius 1 is 1.29 bits per heavy atom. The standard InChI is InChI=1S/C14H23N5O3.2ClH/c1-2-13-16-12(17-22-13)9-18-4-6-19(7-5-18)14(20)11-10-21-8-3-15-11;;/h11,15H,2-10H2,1H3;2*1H. The van der Waals surface area contributed by atoms with E-state index < -0.39 is 0 Å². The van der Waals surface area contributed by atoms with Crippen molar-refractivity contribution >= 4 is 30.7 Å². The molecule has 1 N–H and O–H groups in total. The number of halogens is 2. The average molecular weight is 382 g/mol. The minimum atomic E-state index is -0.190. The summed E-state index contributed by atoms with van der Waals surface area (Å²) in [6.45, 7) is 7.69. The molecule has 2 aliphatic heterocycles. The van der Waals surface area contributed by atoms with Crippen molar-refractivity contribution in [3.63, 3.8) is 0 Å². The zero-order valence-electron chi connectivity index (χ0n) is 13.8. The van der Waals surface area contributed by atoms with Crippen LogP contribution in [0.5, 0.6) is 0 Å². The number of carbonyl (C=O) groups excluding carboxylic acids is 1. The van der Waals surface area contributed by atoms with Gasteiger partial charge in [-0.25, -0.2) is 0 Å². The van der Waals surface area contributed by atoms with Gasteiger partial charge in [0.1, 0.15) is 6.04 Å². The lowest BCUT2D eigenvalue weighted by Gasteiger charge is -2.36. The highest BCUT2D eigenvalue weighted by Gasteiger charge is 2.29. The summed E-state index contributed by atoms with van der Waals surface area (Å²) >= 11 is 0. The van der Waals surface area contributed by atoms with E-state index in [1.807, 2.05) is 11.8 Å². The molecule has 0 saturated carbocycles. The monoisotopic (exact) mass is 381 g/mol. The minimum Gasteiger partial charge on any atom is -0.378 e. The van der Waals surface area contributed by atoms with Crippen LogP contribution in [0.25, 0.3) is 0 Å². The second-order valence-electron chi connectivity index (χ2n) is 5.64. The number of morpholine rings is 1. The van der Waals surface area contributed by atoms with E-state index in [-0.39, 0.29) is 36.8 Å². The topological polar surface area (TPSA) is 83.7 Å². The lowest BCUT2D eigenvalue weighted by molar-refractivity contribution is -0.138. The Morgan fingerprint density at radius 2 is 2.04 bits per heavy atom. The molecule has 8 nitrogen and oxygen atoms in total. The van der Waals surface area contributed by atoms with E-state index in [1.54, 1.807) is 0 Å². The number of aromatic nitrogens is 2. The summed E-state index contributed by atoms with van der Waals surface area (Å²) in [7, 11) is 0. The van der Waals surface area contributed by atoms with Crippen molar-refractivity contribution in [2.45, 2.75) is 25.9 Å². The molecule has 1 amide bonds. The van der Waals surface area contributed by atoms with Gasteiger partial charge in [-0.3, -0.25) is 9.69 Å². The summed E-state index contributed by atoms with van der Waals surface area (Å²) in [6, 6.07) is -0.190. The molecule has 24 heavy (non-hydrogen) atoms. The Balaban J connectivity index is 0.00000144. The van der Waals surface area contributed by atoms with E-state index in [1.165, 1.54) is 0 Å². The molecule has 3 heterocycles. The van der Waals surface area contributed by atoms with E-state index in [4.69, 9.17) is 9.26 Å². The van der Waals surface area contributed by atoms with Crippen LogP contribution in [0.2, 0.25) is 0 Å². The Morgan fingerprint density at radius 3 is 2.62 bits per heavy atom. The number of hydrogen-bond acceptors (Lipinski definition) is 7. The first-order valence-corrected chi connectivity index (χ1v) is 7.90. The molecule has 0 aromatic carbocycles. The molecule has 0 spiro atoms. The third-order valence-corrected chi connectivity index (χ3v) is 4.08. The molecule has 2 fully saturated rings. The van der Waals surface area contributed by atoms with Crippen molar-refractivity contribution in [1.29, 1.82) is 0 Å². The van der Waals surface area contributed by atoms with Crippen LogP contribution < -0.4 is 5.32 Å². The van der Waals surface area contributed by atoms with Gasteiger partial charge in [-0.15, -0.1) is 24.8 Å². The zero-order chi connectivity index (χ0) is 15.4. The fourth-order valence-corrected chi connectivity index (χ4v) is 2.77. The smallest absolute Gasteiger partial charge is 0.242 e. The van der Waals surface area contributed by atoms with Crippen molar-refractivity contribution in [2.24, 2.45) is 0 Å². The van der Waals surface area contributed by atoms with Gasteiger partial charge in [0, 0.05) is 39.1 Å². The van der Waals surface area contributed by atoms with Crippen LogP contribution in [-0.2, 0) is 22.5 Å². The molecular weight excluding hydrogens is 357 g/mol. The van der Waals surface area contributed by atoms with Gasteiger partial charge in [0.25, 0.3) is 0 Å². The van der Waals surface area contributed by atoms with E-state index >= 15 is 0 Å². The van der Waals surface area contributed by atoms with E-state index in [9.17, 15) is 4.79 Å². The van der Waals surface area contributed by atoms with Gasteiger partial charge in [-0.1, -0.05) is 12.1 Å². The predicted octanol–water partition coefficient (Wildman–Crippen LogP) is 0.108. The molecule has 10 heteroatoms. The van der Waals surface area contributed by atoms with Gasteiger partial charge in [0.05, 0.1) is 19.8 Å². The van der Waals surface area contributed by atoms with Crippen molar-refractivity contribution in [2.75, 3.05) is 45.9 Å². The summed E-state index contributed by atoms with van der Waals surface area (Å²) in [5, 5.41) is 7.19. The molecule has 1 atom stereocenters. The number of carbonyl (C=O) groups is 1. The lowest BCUT2D eigenvalue weighted by atomic mass is 10.2. The highest BCUT2D eigenvalue weighted by Crippen LogP contribution is 2.09. The van der Waals surface area contributed by atoms with E-state index in [2.05, 4.69) is 20.4 Å². The van der Waals surface area contributed by atoms with Gasteiger partial charge in [-0.05, 0) is 0 Å². The maximum Gasteiger partial charge on any atom is 0.242 e. The molecule has 1 aromatic heterocycles. The summed E-state index contributed by atoms with van der Waals surface area (Å²) in [4.78, 5) is 20.9. The van der Waals surface area contributed by atoms with Crippen molar-refractivity contribution in [3.8, 4) is 0 Å².